The summed E-state index contributed by atoms with van der Waals surface area (Å²) in [6.07, 6.45) is 4.84. The van der Waals surface area contributed by atoms with Crippen molar-refractivity contribution >= 4 is 5.96 Å². The molecule has 2 aliphatic rings. The molecule has 3 rings (SSSR count). The summed E-state index contributed by atoms with van der Waals surface area (Å²) in [5.41, 5.74) is 8.17. The Morgan fingerprint density at radius 2 is 2.00 bits per heavy atom. The number of benzene rings is 1. The Morgan fingerprint density at radius 3 is 2.72 bits per heavy atom. The van der Waals surface area contributed by atoms with Crippen LogP contribution in [0, 0.1) is 6.92 Å². The van der Waals surface area contributed by atoms with E-state index in [9.17, 15) is 0 Å². The maximum Gasteiger partial charge on any atom is 0.189 e. The lowest BCUT2D eigenvalue weighted by atomic mass is 10.1. The zero-order valence-electron chi connectivity index (χ0n) is 15.0. The van der Waals surface area contributed by atoms with E-state index in [2.05, 4.69) is 35.4 Å². The maximum absolute atomic E-state index is 6.00. The van der Waals surface area contributed by atoms with Crippen molar-refractivity contribution in [3.05, 3.63) is 29.3 Å². The molecule has 0 amide bonds. The van der Waals surface area contributed by atoms with Crippen LogP contribution in [-0.4, -0.2) is 44.5 Å². The molecule has 138 valence electrons. The van der Waals surface area contributed by atoms with E-state index in [0.717, 1.165) is 50.2 Å². The molecule has 2 saturated heterocycles. The van der Waals surface area contributed by atoms with Crippen molar-refractivity contribution in [1.29, 1.82) is 0 Å². The van der Waals surface area contributed by atoms with Crippen LogP contribution in [0.4, 0.5) is 0 Å². The molecule has 0 saturated carbocycles. The van der Waals surface area contributed by atoms with Gasteiger partial charge in [-0.05, 0) is 44.2 Å². The lowest BCUT2D eigenvalue weighted by molar-refractivity contribution is 0.0676. The molecule has 2 atom stereocenters. The summed E-state index contributed by atoms with van der Waals surface area (Å²) in [4.78, 5) is 4.44. The van der Waals surface area contributed by atoms with Gasteiger partial charge in [0.15, 0.2) is 5.96 Å². The minimum Gasteiger partial charge on any atom is -0.491 e. The predicted octanol–water partition coefficient (Wildman–Crippen LogP) is 2.14. The molecule has 0 spiro atoms. The number of aryl methyl sites for hydroxylation is 1. The Hall–Kier alpha value is -1.79. The molecule has 6 heteroatoms. The number of nitrogens with zero attached hydrogens (tertiary/aromatic N) is 1. The fourth-order valence-electron chi connectivity index (χ4n) is 3.14. The highest BCUT2D eigenvalue weighted by Gasteiger charge is 2.17. The van der Waals surface area contributed by atoms with E-state index >= 15 is 0 Å². The summed E-state index contributed by atoms with van der Waals surface area (Å²) >= 11 is 0. The van der Waals surface area contributed by atoms with Gasteiger partial charge in [0, 0.05) is 25.3 Å². The average molecular weight is 347 g/mol. The molecule has 0 radical (unpaired) electrons. The van der Waals surface area contributed by atoms with Gasteiger partial charge in [-0.25, -0.2) is 4.99 Å². The van der Waals surface area contributed by atoms with Gasteiger partial charge in [-0.2, -0.15) is 0 Å². The highest BCUT2D eigenvalue weighted by molar-refractivity contribution is 5.77. The molecule has 0 aliphatic carbocycles. The van der Waals surface area contributed by atoms with Gasteiger partial charge in [0.2, 0.25) is 0 Å². The second kappa shape index (κ2) is 9.06. The minimum atomic E-state index is 0.204. The molecular formula is C19H29N3O3. The van der Waals surface area contributed by atoms with E-state index < -0.39 is 0 Å². The molecule has 0 bridgehead atoms. The van der Waals surface area contributed by atoms with Gasteiger partial charge in [0.25, 0.3) is 0 Å². The number of hydrogen-bond acceptors (Lipinski definition) is 4. The van der Waals surface area contributed by atoms with E-state index in [1.54, 1.807) is 0 Å². The van der Waals surface area contributed by atoms with Crippen LogP contribution < -0.4 is 15.8 Å². The van der Waals surface area contributed by atoms with Crippen LogP contribution in [-0.2, 0) is 16.0 Å². The number of hydrogen-bond donors (Lipinski definition) is 2. The molecule has 3 N–H and O–H groups in total. The van der Waals surface area contributed by atoms with Crippen LogP contribution in [0.3, 0.4) is 0 Å². The van der Waals surface area contributed by atoms with Gasteiger partial charge < -0.3 is 25.3 Å². The van der Waals surface area contributed by atoms with Crippen molar-refractivity contribution in [1.82, 2.24) is 5.32 Å². The summed E-state index contributed by atoms with van der Waals surface area (Å²) in [6.45, 7) is 5.54. The molecule has 2 aliphatic heterocycles. The normalized spacial score (nSPS) is 23.8. The van der Waals surface area contributed by atoms with E-state index in [-0.39, 0.29) is 12.2 Å². The number of rotatable bonds is 7. The third-order valence-electron chi connectivity index (χ3n) is 4.63. The van der Waals surface area contributed by atoms with E-state index in [0.29, 0.717) is 25.7 Å². The number of guanidine groups is 1. The average Bonchev–Trinajstić information content (AvgIpc) is 3.30. The number of nitrogens with two attached hydrogens (primary N) is 1. The van der Waals surface area contributed by atoms with Crippen LogP contribution >= 0.6 is 0 Å². The fraction of sp³-hybridized carbons (Fsp3) is 0.632. The summed E-state index contributed by atoms with van der Waals surface area (Å²) < 4.78 is 17.2. The smallest absolute Gasteiger partial charge is 0.189 e. The van der Waals surface area contributed by atoms with Crippen LogP contribution in [0.5, 0.6) is 5.75 Å². The first-order valence-electron chi connectivity index (χ1n) is 9.20. The Labute approximate surface area is 149 Å². The zero-order valence-corrected chi connectivity index (χ0v) is 15.0. The maximum atomic E-state index is 6.00. The fourth-order valence-corrected chi connectivity index (χ4v) is 3.14. The van der Waals surface area contributed by atoms with Crippen molar-refractivity contribution < 1.29 is 14.2 Å². The lowest BCUT2D eigenvalue weighted by Gasteiger charge is -2.15. The van der Waals surface area contributed by atoms with Crippen molar-refractivity contribution in [2.75, 3.05) is 26.4 Å². The molecule has 2 heterocycles. The molecule has 1 aromatic carbocycles. The first-order chi connectivity index (χ1) is 12.2. The quantitative estimate of drug-likeness (QED) is 0.584. The summed E-state index contributed by atoms with van der Waals surface area (Å²) in [7, 11) is 0. The molecule has 0 aromatic heterocycles. The van der Waals surface area contributed by atoms with Gasteiger partial charge in [-0.15, -0.1) is 0 Å². The standard InChI is InChI=1S/C19H29N3O3/c1-14-6-7-15(18(10-14)25-13-17-5-3-9-24-17)11-21-19(20)22-12-16-4-2-8-23-16/h6-7,10,16-17H,2-5,8-9,11-13H2,1H3,(H3,20,21,22). The highest BCUT2D eigenvalue weighted by atomic mass is 16.5. The topological polar surface area (TPSA) is 78.1 Å². The van der Waals surface area contributed by atoms with Gasteiger partial charge in [0.1, 0.15) is 12.4 Å². The van der Waals surface area contributed by atoms with Crippen LogP contribution in [0.1, 0.15) is 36.8 Å². The van der Waals surface area contributed by atoms with Gasteiger partial charge >= 0.3 is 0 Å². The Morgan fingerprint density at radius 1 is 1.24 bits per heavy atom. The molecule has 1 aromatic rings. The number of nitrogens with one attached hydrogen (secondary N) is 1. The van der Waals surface area contributed by atoms with Crippen LogP contribution in [0.15, 0.2) is 23.2 Å². The first kappa shape index (κ1) is 18.0. The van der Waals surface area contributed by atoms with Crippen LogP contribution in [0.2, 0.25) is 0 Å². The van der Waals surface area contributed by atoms with E-state index in [1.807, 2.05) is 0 Å². The molecular weight excluding hydrogens is 318 g/mol. The lowest BCUT2D eigenvalue weighted by Crippen LogP contribution is -2.37. The van der Waals surface area contributed by atoms with E-state index in [1.165, 1.54) is 5.56 Å². The van der Waals surface area contributed by atoms with Gasteiger partial charge in [-0.3, -0.25) is 0 Å². The molecule has 6 nitrogen and oxygen atoms in total. The predicted molar refractivity (Wildman–Crippen MR) is 98.0 cm³/mol. The number of aliphatic imine (C=N–C) groups is 1. The molecule has 25 heavy (non-hydrogen) atoms. The van der Waals surface area contributed by atoms with Crippen molar-refractivity contribution in [3.63, 3.8) is 0 Å². The third-order valence-corrected chi connectivity index (χ3v) is 4.63. The monoisotopic (exact) mass is 347 g/mol. The van der Waals surface area contributed by atoms with Gasteiger partial charge in [-0.1, -0.05) is 12.1 Å². The summed E-state index contributed by atoms with van der Waals surface area (Å²) in [5, 5.41) is 3.14. The third kappa shape index (κ3) is 5.61. The minimum absolute atomic E-state index is 0.204. The second-order valence-electron chi connectivity index (χ2n) is 6.77. The Balaban J connectivity index is 1.53. The summed E-state index contributed by atoms with van der Waals surface area (Å²) in [5.74, 6) is 1.31. The zero-order chi connectivity index (χ0) is 17.5. The second-order valence-corrected chi connectivity index (χ2v) is 6.77. The summed E-state index contributed by atoms with van der Waals surface area (Å²) in [6, 6.07) is 6.17. The highest BCUT2D eigenvalue weighted by Crippen LogP contribution is 2.23. The van der Waals surface area contributed by atoms with E-state index in [4.69, 9.17) is 19.9 Å². The first-order valence-corrected chi connectivity index (χ1v) is 9.20. The van der Waals surface area contributed by atoms with Crippen molar-refractivity contribution in [3.8, 4) is 5.75 Å². The SMILES string of the molecule is Cc1ccc(CN=C(N)NCC2CCCO2)c(OCC2CCCO2)c1. The van der Waals surface area contributed by atoms with Crippen LogP contribution in [0.25, 0.3) is 0 Å². The van der Waals surface area contributed by atoms with Gasteiger partial charge in [0.05, 0.1) is 18.8 Å². The number of ether oxygens (including phenoxy) is 3. The largest absolute Gasteiger partial charge is 0.491 e. The molecule has 2 fully saturated rings. The van der Waals surface area contributed by atoms with Crippen molar-refractivity contribution in [2.24, 2.45) is 10.7 Å². The molecule has 2 unspecified atom stereocenters. The van der Waals surface area contributed by atoms with Crippen molar-refractivity contribution in [2.45, 2.75) is 51.4 Å². The Kier molecular flexibility index (Phi) is 6.53. The Bertz CT molecular complexity index is 579.